The number of primary sulfonamides is 1. The summed E-state index contributed by atoms with van der Waals surface area (Å²) in [6.07, 6.45) is 0. The van der Waals surface area contributed by atoms with Crippen LogP contribution in [-0.4, -0.2) is 38.5 Å². The highest BCUT2D eigenvalue weighted by Gasteiger charge is 2.45. The summed E-state index contributed by atoms with van der Waals surface area (Å²) in [4.78, 5) is 0. The van der Waals surface area contributed by atoms with Gasteiger partial charge in [0.25, 0.3) is 10.0 Å². The zero-order valence-electron chi connectivity index (χ0n) is 11.5. The summed E-state index contributed by atoms with van der Waals surface area (Å²) in [6.45, 7) is 6.53. The van der Waals surface area contributed by atoms with Crippen molar-refractivity contribution in [1.82, 2.24) is 9.78 Å². The van der Waals surface area contributed by atoms with Gasteiger partial charge in [0.2, 0.25) is 0 Å². The molecule has 1 aromatic rings. The Kier molecular flexibility index (Phi) is 3.25. The molecular formula is C11H19N3O4S. The second kappa shape index (κ2) is 4.27. The maximum Gasteiger partial charge on any atom is 0.257 e. The Morgan fingerprint density at radius 3 is 2.37 bits per heavy atom. The van der Waals surface area contributed by atoms with E-state index in [4.69, 9.17) is 14.6 Å². The lowest BCUT2D eigenvalue weighted by atomic mass is 9.95. The highest BCUT2D eigenvalue weighted by molar-refractivity contribution is 7.89. The molecule has 1 aliphatic heterocycles. The molecule has 2 heterocycles. The van der Waals surface area contributed by atoms with E-state index in [0.29, 0.717) is 18.9 Å². The van der Waals surface area contributed by atoms with Crippen molar-refractivity contribution in [3.05, 3.63) is 11.8 Å². The summed E-state index contributed by atoms with van der Waals surface area (Å²) in [7, 11) is -2.28. The number of hydrogen-bond acceptors (Lipinski definition) is 5. The first-order valence-electron chi connectivity index (χ1n) is 5.87. The third-order valence-corrected chi connectivity index (χ3v) is 3.92. The van der Waals surface area contributed by atoms with Crippen molar-refractivity contribution in [2.24, 2.45) is 5.14 Å². The van der Waals surface area contributed by atoms with E-state index in [2.05, 4.69) is 5.10 Å². The highest BCUT2D eigenvalue weighted by atomic mass is 32.2. The van der Waals surface area contributed by atoms with Crippen LogP contribution in [0.15, 0.2) is 11.1 Å². The van der Waals surface area contributed by atoms with Crippen molar-refractivity contribution in [2.75, 3.05) is 20.3 Å². The second-order valence-corrected chi connectivity index (χ2v) is 7.19. The quantitative estimate of drug-likeness (QED) is 0.855. The van der Waals surface area contributed by atoms with Crippen molar-refractivity contribution >= 4 is 10.0 Å². The fourth-order valence-electron chi connectivity index (χ4n) is 1.99. The van der Waals surface area contributed by atoms with E-state index < -0.39 is 15.6 Å². The average Bonchev–Trinajstić information content (AvgIpc) is 2.60. The molecule has 1 fully saturated rings. The van der Waals surface area contributed by atoms with Gasteiger partial charge in [-0.3, -0.25) is 4.68 Å². The van der Waals surface area contributed by atoms with E-state index in [0.717, 1.165) is 0 Å². The van der Waals surface area contributed by atoms with E-state index >= 15 is 0 Å². The van der Waals surface area contributed by atoms with Crippen LogP contribution in [0.25, 0.3) is 0 Å². The number of methoxy groups -OCH3 is 1. The molecule has 0 aromatic carbocycles. The molecule has 7 nitrogen and oxygen atoms in total. The number of aromatic nitrogens is 2. The van der Waals surface area contributed by atoms with Gasteiger partial charge in [-0.1, -0.05) is 0 Å². The molecule has 108 valence electrons. The smallest absolute Gasteiger partial charge is 0.257 e. The Morgan fingerprint density at radius 1 is 1.47 bits per heavy atom. The van der Waals surface area contributed by atoms with Gasteiger partial charge in [-0.2, -0.15) is 5.10 Å². The van der Waals surface area contributed by atoms with Crippen LogP contribution in [0.4, 0.5) is 0 Å². The third-order valence-electron chi connectivity index (χ3n) is 3.14. The normalized spacial score (nSPS) is 19.2. The zero-order chi connectivity index (χ0) is 14.5. The molecule has 19 heavy (non-hydrogen) atoms. The van der Waals surface area contributed by atoms with Crippen molar-refractivity contribution < 1.29 is 17.9 Å². The lowest BCUT2D eigenvalue weighted by Crippen LogP contribution is -2.50. The van der Waals surface area contributed by atoms with Crippen LogP contribution in [0, 0.1) is 0 Å². The minimum Gasteiger partial charge on any atom is -0.374 e. The predicted octanol–water partition coefficient (Wildman–Crippen LogP) is 0.157. The van der Waals surface area contributed by atoms with E-state index in [1.165, 1.54) is 6.07 Å². The molecule has 1 aliphatic rings. The van der Waals surface area contributed by atoms with Crippen molar-refractivity contribution in [2.45, 2.75) is 36.9 Å². The summed E-state index contributed by atoms with van der Waals surface area (Å²) in [5.74, 6) is 0. The lowest BCUT2D eigenvalue weighted by molar-refractivity contribution is -0.207. The van der Waals surface area contributed by atoms with Crippen molar-refractivity contribution in [3.63, 3.8) is 0 Å². The van der Waals surface area contributed by atoms with E-state index in [-0.39, 0.29) is 10.6 Å². The molecule has 8 heteroatoms. The van der Waals surface area contributed by atoms with Crippen LogP contribution >= 0.6 is 0 Å². The zero-order valence-corrected chi connectivity index (χ0v) is 12.3. The molecule has 1 aromatic heterocycles. The molecule has 0 radical (unpaired) electrons. The van der Waals surface area contributed by atoms with Gasteiger partial charge in [0.15, 0.2) is 10.6 Å². The number of rotatable bonds is 3. The first-order valence-corrected chi connectivity index (χ1v) is 7.41. The predicted molar refractivity (Wildman–Crippen MR) is 68.1 cm³/mol. The second-order valence-electron chi connectivity index (χ2n) is 5.69. The lowest BCUT2D eigenvalue weighted by Gasteiger charge is -2.41. The van der Waals surface area contributed by atoms with Crippen LogP contribution in [0.5, 0.6) is 0 Å². The van der Waals surface area contributed by atoms with Crippen molar-refractivity contribution in [1.29, 1.82) is 0 Å². The molecule has 2 N–H and O–H groups in total. The Hall–Kier alpha value is -0.960. The molecule has 1 saturated heterocycles. The molecule has 2 rings (SSSR count). The molecule has 0 atom stereocenters. The monoisotopic (exact) mass is 289 g/mol. The molecule has 0 bridgehead atoms. The number of sulfonamides is 1. The number of nitrogens with two attached hydrogens (primary N) is 1. The topological polar surface area (TPSA) is 96.4 Å². The van der Waals surface area contributed by atoms with Gasteiger partial charge < -0.3 is 9.47 Å². The SMILES string of the molecule is COC1(c2cc(S(N)(=O)=O)nn2C(C)(C)C)COC1. The highest BCUT2D eigenvalue weighted by Crippen LogP contribution is 2.36. The summed E-state index contributed by atoms with van der Waals surface area (Å²) < 4.78 is 35.3. The molecule has 0 spiro atoms. The first kappa shape index (κ1) is 14.4. The van der Waals surface area contributed by atoms with Crippen LogP contribution in [0.1, 0.15) is 26.5 Å². The Balaban J connectivity index is 2.62. The van der Waals surface area contributed by atoms with Gasteiger partial charge in [-0.25, -0.2) is 13.6 Å². The van der Waals surface area contributed by atoms with E-state index in [1.807, 2.05) is 20.8 Å². The minimum atomic E-state index is -3.85. The van der Waals surface area contributed by atoms with Crippen LogP contribution in [0.2, 0.25) is 0 Å². The maximum atomic E-state index is 11.5. The van der Waals surface area contributed by atoms with Crippen LogP contribution in [0.3, 0.4) is 0 Å². The summed E-state index contributed by atoms with van der Waals surface area (Å²) in [6, 6.07) is 1.46. The van der Waals surface area contributed by atoms with Gasteiger partial charge in [0.1, 0.15) is 0 Å². The van der Waals surface area contributed by atoms with Gasteiger partial charge >= 0.3 is 0 Å². The molecule has 0 saturated carbocycles. The van der Waals surface area contributed by atoms with Gasteiger partial charge in [-0.05, 0) is 20.8 Å². The molecule has 0 aliphatic carbocycles. The summed E-state index contributed by atoms with van der Waals surface area (Å²) >= 11 is 0. The summed E-state index contributed by atoms with van der Waals surface area (Å²) in [5, 5.41) is 9.12. The Bertz CT molecular complexity index is 576. The first-order chi connectivity index (χ1) is 8.60. The fraction of sp³-hybridized carbons (Fsp3) is 0.727. The van der Waals surface area contributed by atoms with E-state index in [9.17, 15) is 8.42 Å². The van der Waals surface area contributed by atoms with Crippen LogP contribution in [-0.2, 0) is 30.6 Å². The summed E-state index contributed by atoms with van der Waals surface area (Å²) in [5.41, 5.74) is -0.374. The van der Waals surface area contributed by atoms with E-state index in [1.54, 1.807) is 11.8 Å². The number of nitrogens with zero attached hydrogens (tertiary/aromatic N) is 2. The van der Waals surface area contributed by atoms with Gasteiger partial charge in [0, 0.05) is 13.2 Å². The minimum absolute atomic E-state index is 0.152. The largest absolute Gasteiger partial charge is 0.374 e. The number of ether oxygens (including phenoxy) is 2. The Labute approximate surface area is 112 Å². The fourth-order valence-corrected chi connectivity index (χ4v) is 2.46. The van der Waals surface area contributed by atoms with Crippen molar-refractivity contribution in [3.8, 4) is 0 Å². The molecule has 0 unspecified atom stereocenters. The Morgan fingerprint density at radius 2 is 2.05 bits per heavy atom. The molecule has 0 amide bonds. The third kappa shape index (κ3) is 2.40. The standard InChI is InChI=1S/C11H19N3O4S/c1-10(2,3)14-8(11(17-4)6-18-7-11)5-9(13-14)19(12,15)16/h5H,6-7H2,1-4H3,(H2,12,15,16). The van der Waals surface area contributed by atoms with Gasteiger partial charge in [0.05, 0.1) is 24.4 Å². The van der Waals surface area contributed by atoms with Crippen LogP contribution < -0.4 is 5.14 Å². The number of hydrogen-bond donors (Lipinski definition) is 1. The average molecular weight is 289 g/mol. The maximum absolute atomic E-state index is 11.5. The molecular weight excluding hydrogens is 270 g/mol. The van der Waals surface area contributed by atoms with Gasteiger partial charge in [-0.15, -0.1) is 0 Å².